The Bertz CT molecular complexity index is 480. The van der Waals surface area contributed by atoms with E-state index in [1.165, 1.54) is 6.42 Å². The van der Waals surface area contributed by atoms with Crippen LogP contribution in [0.2, 0.25) is 0 Å². The highest BCUT2D eigenvalue weighted by molar-refractivity contribution is 7.91. The van der Waals surface area contributed by atoms with E-state index < -0.39 is 9.84 Å². The monoisotopic (exact) mass is 317 g/mol. The van der Waals surface area contributed by atoms with Crippen LogP contribution in [0.1, 0.15) is 25.7 Å². The molecule has 1 aliphatic heterocycles. The van der Waals surface area contributed by atoms with Crippen LogP contribution < -0.4 is 5.73 Å². The molecule has 2 N–H and O–H groups in total. The second-order valence-corrected chi connectivity index (χ2v) is 8.70. The van der Waals surface area contributed by atoms with Crippen molar-refractivity contribution in [3.05, 3.63) is 0 Å². The summed E-state index contributed by atoms with van der Waals surface area (Å²) in [5, 5.41) is 0. The van der Waals surface area contributed by atoms with Gasteiger partial charge in [-0.05, 0) is 38.8 Å². The molecule has 0 spiro atoms. The molecule has 1 saturated heterocycles. The molecule has 1 aliphatic carbocycles. The number of likely N-dealkylation sites (N-methyl/N-ethyl adjacent to an activating group) is 2. The van der Waals surface area contributed by atoms with Crippen molar-refractivity contribution in [2.75, 3.05) is 38.7 Å². The fourth-order valence-corrected chi connectivity index (χ4v) is 5.37. The molecule has 122 valence electrons. The molecule has 0 aromatic carbocycles. The lowest BCUT2D eigenvalue weighted by Gasteiger charge is -2.31. The second kappa shape index (κ2) is 6.62. The fraction of sp³-hybridized carbons (Fsp3) is 0.929. The predicted molar refractivity (Wildman–Crippen MR) is 82.6 cm³/mol. The highest BCUT2D eigenvalue weighted by Crippen LogP contribution is 2.28. The summed E-state index contributed by atoms with van der Waals surface area (Å²) in [6.45, 7) is 1.01. The molecule has 0 radical (unpaired) electrons. The lowest BCUT2D eigenvalue weighted by atomic mass is 10.0. The van der Waals surface area contributed by atoms with Crippen LogP contribution in [0.15, 0.2) is 0 Å². The summed E-state index contributed by atoms with van der Waals surface area (Å²) >= 11 is 0. The first-order valence-corrected chi connectivity index (χ1v) is 9.52. The van der Waals surface area contributed by atoms with Gasteiger partial charge in [0.15, 0.2) is 9.84 Å². The van der Waals surface area contributed by atoms with Crippen molar-refractivity contribution < 1.29 is 13.2 Å². The smallest absolute Gasteiger partial charge is 0.236 e. The van der Waals surface area contributed by atoms with Crippen LogP contribution in [0, 0.1) is 5.92 Å². The SMILES string of the molecule is CN(CC(=O)N(C)C1CCS(=O)(=O)C1)C1CCCC1CN. The third-order valence-corrected chi connectivity index (χ3v) is 6.77. The standard InChI is InChI=1S/C14H27N3O3S/c1-16(13-5-3-4-11(13)8-15)9-14(18)17(2)12-6-7-21(19,20)10-12/h11-13H,3-10,15H2,1-2H3. The maximum absolute atomic E-state index is 12.4. The summed E-state index contributed by atoms with van der Waals surface area (Å²) < 4.78 is 23.0. The quantitative estimate of drug-likeness (QED) is 0.752. The van der Waals surface area contributed by atoms with Gasteiger partial charge in [-0.25, -0.2) is 8.42 Å². The molecule has 21 heavy (non-hydrogen) atoms. The highest BCUT2D eigenvalue weighted by Gasteiger charge is 2.34. The summed E-state index contributed by atoms with van der Waals surface area (Å²) in [4.78, 5) is 16.1. The molecular weight excluding hydrogens is 290 g/mol. The number of carbonyl (C=O) groups is 1. The van der Waals surface area contributed by atoms with Gasteiger partial charge in [0.05, 0.1) is 18.1 Å². The van der Waals surface area contributed by atoms with E-state index in [0.717, 1.165) is 12.8 Å². The third-order valence-electron chi connectivity index (χ3n) is 5.02. The minimum Gasteiger partial charge on any atom is -0.341 e. The molecule has 0 aromatic rings. The molecule has 2 rings (SSSR count). The van der Waals surface area contributed by atoms with Crippen LogP contribution in [0.4, 0.5) is 0 Å². The molecule has 1 amide bonds. The molecular formula is C14H27N3O3S. The van der Waals surface area contributed by atoms with Gasteiger partial charge in [0.1, 0.15) is 0 Å². The number of nitrogens with two attached hydrogens (primary N) is 1. The van der Waals surface area contributed by atoms with Gasteiger partial charge in [-0.15, -0.1) is 0 Å². The van der Waals surface area contributed by atoms with E-state index in [1.54, 1.807) is 11.9 Å². The average molecular weight is 317 g/mol. The van der Waals surface area contributed by atoms with Crippen LogP contribution in [0.25, 0.3) is 0 Å². The topological polar surface area (TPSA) is 83.7 Å². The van der Waals surface area contributed by atoms with E-state index in [-0.39, 0.29) is 23.5 Å². The number of nitrogens with zero attached hydrogens (tertiary/aromatic N) is 2. The number of hydrogen-bond donors (Lipinski definition) is 1. The molecule has 1 heterocycles. The Morgan fingerprint density at radius 3 is 2.52 bits per heavy atom. The lowest BCUT2D eigenvalue weighted by molar-refractivity contribution is -0.133. The summed E-state index contributed by atoms with van der Waals surface area (Å²) in [7, 11) is 0.732. The van der Waals surface area contributed by atoms with Gasteiger partial charge >= 0.3 is 0 Å². The van der Waals surface area contributed by atoms with Gasteiger partial charge < -0.3 is 10.6 Å². The molecule has 7 heteroatoms. The van der Waals surface area contributed by atoms with Crippen molar-refractivity contribution >= 4 is 15.7 Å². The van der Waals surface area contributed by atoms with E-state index >= 15 is 0 Å². The number of rotatable bonds is 5. The van der Waals surface area contributed by atoms with Gasteiger partial charge in [-0.1, -0.05) is 6.42 Å². The lowest BCUT2D eigenvalue weighted by Crippen LogP contribution is -2.47. The molecule has 0 bridgehead atoms. The first-order chi connectivity index (χ1) is 9.84. The Balaban J connectivity index is 1.89. The van der Waals surface area contributed by atoms with Crippen LogP contribution in [-0.2, 0) is 14.6 Å². The Morgan fingerprint density at radius 2 is 1.95 bits per heavy atom. The number of sulfone groups is 1. The van der Waals surface area contributed by atoms with Crippen molar-refractivity contribution in [1.82, 2.24) is 9.80 Å². The third kappa shape index (κ3) is 3.96. The molecule has 2 fully saturated rings. The van der Waals surface area contributed by atoms with E-state index in [0.29, 0.717) is 31.5 Å². The van der Waals surface area contributed by atoms with E-state index in [1.807, 2.05) is 7.05 Å². The molecule has 1 saturated carbocycles. The summed E-state index contributed by atoms with van der Waals surface area (Å²) in [6, 6.07) is 0.212. The zero-order chi connectivity index (χ0) is 15.6. The van der Waals surface area contributed by atoms with Crippen LogP contribution in [0.3, 0.4) is 0 Å². The minimum absolute atomic E-state index is 0.00210. The van der Waals surface area contributed by atoms with E-state index in [4.69, 9.17) is 5.73 Å². The van der Waals surface area contributed by atoms with Crippen molar-refractivity contribution in [2.45, 2.75) is 37.8 Å². The largest absolute Gasteiger partial charge is 0.341 e. The molecule has 6 nitrogen and oxygen atoms in total. The highest BCUT2D eigenvalue weighted by atomic mass is 32.2. The number of carbonyl (C=O) groups excluding carboxylic acids is 1. The predicted octanol–water partition coefficient (Wildman–Crippen LogP) is -0.309. The van der Waals surface area contributed by atoms with Crippen LogP contribution in [-0.4, -0.2) is 74.9 Å². The summed E-state index contributed by atoms with van der Waals surface area (Å²) in [6.07, 6.45) is 3.95. The van der Waals surface area contributed by atoms with Crippen molar-refractivity contribution in [3.63, 3.8) is 0 Å². The Kier molecular flexibility index (Phi) is 5.27. The van der Waals surface area contributed by atoms with Gasteiger partial charge in [0.25, 0.3) is 0 Å². The average Bonchev–Trinajstić information content (AvgIpc) is 3.03. The Morgan fingerprint density at radius 1 is 1.24 bits per heavy atom. The van der Waals surface area contributed by atoms with E-state index in [9.17, 15) is 13.2 Å². The Hall–Kier alpha value is -0.660. The van der Waals surface area contributed by atoms with Gasteiger partial charge in [0, 0.05) is 19.1 Å². The minimum atomic E-state index is -2.95. The van der Waals surface area contributed by atoms with Gasteiger partial charge in [-0.2, -0.15) is 0 Å². The maximum Gasteiger partial charge on any atom is 0.236 e. The first kappa shape index (κ1) is 16.7. The molecule has 3 unspecified atom stereocenters. The summed E-state index contributed by atoms with van der Waals surface area (Å²) in [5.41, 5.74) is 5.79. The normalized spacial score (nSPS) is 31.7. The molecule has 0 aromatic heterocycles. The number of hydrogen-bond acceptors (Lipinski definition) is 5. The van der Waals surface area contributed by atoms with Gasteiger partial charge in [-0.3, -0.25) is 9.69 Å². The zero-order valence-electron chi connectivity index (χ0n) is 13.0. The van der Waals surface area contributed by atoms with E-state index in [2.05, 4.69) is 4.90 Å². The van der Waals surface area contributed by atoms with Crippen molar-refractivity contribution in [3.8, 4) is 0 Å². The second-order valence-electron chi connectivity index (χ2n) is 6.47. The number of amides is 1. The van der Waals surface area contributed by atoms with Gasteiger partial charge in [0.2, 0.25) is 5.91 Å². The first-order valence-electron chi connectivity index (χ1n) is 7.70. The Labute approximate surface area is 127 Å². The molecule has 3 atom stereocenters. The molecule has 2 aliphatic rings. The van der Waals surface area contributed by atoms with Crippen LogP contribution in [0.5, 0.6) is 0 Å². The summed E-state index contributed by atoms with van der Waals surface area (Å²) in [5.74, 6) is 0.777. The maximum atomic E-state index is 12.4. The van der Waals surface area contributed by atoms with Crippen molar-refractivity contribution in [2.24, 2.45) is 11.7 Å². The zero-order valence-corrected chi connectivity index (χ0v) is 13.8. The van der Waals surface area contributed by atoms with Crippen molar-refractivity contribution in [1.29, 1.82) is 0 Å². The van der Waals surface area contributed by atoms with Crippen LogP contribution >= 0.6 is 0 Å². The fourth-order valence-electron chi connectivity index (χ4n) is 3.60.